The fourth-order valence-corrected chi connectivity index (χ4v) is 4.89. The number of amides is 1. The first-order valence-electron chi connectivity index (χ1n) is 11.2. The van der Waals surface area contributed by atoms with Gasteiger partial charge in [-0.1, -0.05) is 67.1 Å². The first-order chi connectivity index (χ1) is 16.1. The van der Waals surface area contributed by atoms with Crippen LogP contribution >= 0.6 is 11.8 Å². The molecule has 1 atom stereocenters. The molecule has 170 valence electrons. The average Bonchev–Trinajstić information content (AvgIpc) is 3.16. The van der Waals surface area contributed by atoms with Crippen molar-refractivity contribution in [2.24, 2.45) is 0 Å². The zero-order valence-corrected chi connectivity index (χ0v) is 20.1. The van der Waals surface area contributed by atoms with Crippen molar-refractivity contribution >= 4 is 29.4 Å². The predicted molar refractivity (Wildman–Crippen MR) is 137 cm³/mol. The highest BCUT2D eigenvalue weighted by Gasteiger charge is 2.38. The number of carbonyl (C=O) groups excluding carboxylic acids is 1. The van der Waals surface area contributed by atoms with Crippen LogP contribution in [0, 0.1) is 6.92 Å². The lowest BCUT2D eigenvalue weighted by Crippen LogP contribution is -2.27. The van der Waals surface area contributed by atoms with E-state index in [4.69, 9.17) is 9.47 Å². The molecule has 0 radical (unpaired) electrons. The van der Waals surface area contributed by atoms with Crippen LogP contribution in [0.15, 0.2) is 77.7 Å². The molecule has 0 aromatic heterocycles. The number of carbonyl (C=O) groups is 1. The molecule has 1 fully saturated rings. The standard InChI is InChI=1S/C28H29NO3S/c1-4-5-18-32-25-14-8-21(9-15-25)19-26-27(30)29(23-12-16-24(31-3)17-13-23)28(33-26)22-10-6-20(2)7-11-22/h6-17,19,28H,4-5,18H2,1-3H3/b26-19+/t28-/m0/s1. The van der Waals surface area contributed by atoms with Crippen LogP contribution in [-0.2, 0) is 4.79 Å². The predicted octanol–water partition coefficient (Wildman–Crippen LogP) is 7.00. The topological polar surface area (TPSA) is 38.8 Å². The summed E-state index contributed by atoms with van der Waals surface area (Å²) in [7, 11) is 1.64. The summed E-state index contributed by atoms with van der Waals surface area (Å²) < 4.78 is 11.1. The Hall–Kier alpha value is -3.18. The lowest BCUT2D eigenvalue weighted by molar-refractivity contribution is -0.114. The minimum Gasteiger partial charge on any atom is -0.497 e. The van der Waals surface area contributed by atoms with Gasteiger partial charge in [0.1, 0.15) is 16.9 Å². The van der Waals surface area contributed by atoms with E-state index in [0.717, 1.165) is 52.7 Å². The Bertz CT molecular complexity index is 1110. The number of ether oxygens (including phenoxy) is 2. The van der Waals surface area contributed by atoms with E-state index >= 15 is 0 Å². The van der Waals surface area contributed by atoms with Crippen molar-refractivity contribution < 1.29 is 14.3 Å². The van der Waals surface area contributed by atoms with E-state index in [1.54, 1.807) is 18.9 Å². The van der Waals surface area contributed by atoms with Crippen molar-refractivity contribution in [1.29, 1.82) is 0 Å². The summed E-state index contributed by atoms with van der Waals surface area (Å²) in [5.74, 6) is 1.62. The van der Waals surface area contributed by atoms with Gasteiger partial charge < -0.3 is 9.47 Å². The Morgan fingerprint density at radius 3 is 2.24 bits per heavy atom. The van der Waals surface area contributed by atoms with E-state index in [2.05, 4.69) is 38.1 Å². The number of hydrogen-bond donors (Lipinski definition) is 0. The third kappa shape index (κ3) is 5.42. The van der Waals surface area contributed by atoms with Crippen LogP contribution in [0.25, 0.3) is 6.08 Å². The molecule has 0 saturated carbocycles. The van der Waals surface area contributed by atoms with Crippen molar-refractivity contribution in [3.05, 3.63) is 94.4 Å². The van der Waals surface area contributed by atoms with Gasteiger partial charge in [0.05, 0.1) is 18.6 Å². The van der Waals surface area contributed by atoms with Gasteiger partial charge in [0.25, 0.3) is 5.91 Å². The second kappa shape index (κ2) is 10.6. The number of methoxy groups -OCH3 is 1. The summed E-state index contributed by atoms with van der Waals surface area (Å²) in [6, 6.07) is 23.9. The van der Waals surface area contributed by atoms with Crippen molar-refractivity contribution in [3.8, 4) is 11.5 Å². The van der Waals surface area contributed by atoms with Crippen LogP contribution in [0.2, 0.25) is 0 Å². The maximum atomic E-state index is 13.5. The van der Waals surface area contributed by atoms with Crippen molar-refractivity contribution in [1.82, 2.24) is 0 Å². The van der Waals surface area contributed by atoms with Gasteiger partial charge in [-0.3, -0.25) is 9.69 Å². The number of unbranched alkanes of at least 4 members (excludes halogenated alkanes) is 1. The van der Waals surface area contributed by atoms with E-state index in [9.17, 15) is 4.79 Å². The van der Waals surface area contributed by atoms with Crippen LogP contribution in [0.3, 0.4) is 0 Å². The van der Waals surface area contributed by atoms with Crippen LogP contribution < -0.4 is 14.4 Å². The number of thioether (sulfide) groups is 1. The summed E-state index contributed by atoms with van der Waals surface area (Å²) in [5.41, 5.74) is 4.12. The average molecular weight is 460 g/mol. The summed E-state index contributed by atoms with van der Waals surface area (Å²) in [6.45, 7) is 4.94. The first kappa shape index (κ1) is 23.0. The Balaban J connectivity index is 1.62. The zero-order chi connectivity index (χ0) is 23.2. The molecule has 4 nitrogen and oxygen atoms in total. The van der Waals surface area contributed by atoms with E-state index in [1.807, 2.05) is 59.5 Å². The number of anilines is 1. The molecular formula is C28H29NO3S. The van der Waals surface area contributed by atoms with E-state index < -0.39 is 0 Å². The second-order valence-corrected chi connectivity index (χ2v) is 9.16. The summed E-state index contributed by atoms with van der Waals surface area (Å²) >= 11 is 1.58. The molecule has 1 amide bonds. The molecule has 0 aliphatic carbocycles. The maximum Gasteiger partial charge on any atom is 0.266 e. The molecular weight excluding hydrogens is 430 g/mol. The van der Waals surface area contributed by atoms with Gasteiger partial charge >= 0.3 is 0 Å². The third-order valence-corrected chi connectivity index (χ3v) is 6.81. The van der Waals surface area contributed by atoms with Crippen molar-refractivity contribution in [3.63, 3.8) is 0 Å². The van der Waals surface area contributed by atoms with Crippen LogP contribution in [0.4, 0.5) is 5.69 Å². The van der Waals surface area contributed by atoms with Gasteiger partial charge in [0, 0.05) is 5.69 Å². The van der Waals surface area contributed by atoms with Crippen molar-refractivity contribution in [2.45, 2.75) is 32.1 Å². The summed E-state index contributed by atoms with van der Waals surface area (Å²) in [5, 5.41) is -0.130. The highest BCUT2D eigenvalue weighted by atomic mass is 32.2. The monoisotopic (exact) mass is 459 g/mol. The second-order valence-electron chi connectivity index (χ2n) is 8.03. The fraction of sp³-hybridized carbons (Fsp3) is 0.250. The highest BCUT2D eigenvalue weighted by molar-refractivity contribution is 8.05. The zero-order valence-electron chi connectivity index (χ0n) is 19.3. The third-order valence-electron chi connectivity index (χ3n) is 5.56. The normalized spacial score (nSPS) is 16.9. The fourth-order valence-electron chi connectivity index (χ4n) is 3.63. The lowest BCUT2D eigenvalue weighted by atomic mass is 10.1. The molecule has 0 bridgehead atoms. The Labute approximate surface area is 200 Å². The molecule has 0 spiro atoms. The van der Waals surface area contributed by atoms with E-state index in [0.29, 0.717) is 0 Å². The van der Waals surface area contributed by atoms with Gasteiger partial charge in [-0.2, -0.15) is 0 Å². The smallest absolute Gasteiger partial charge is 0.266 e. The SMILES string of the molecule is CCCCOc1ccc(/C=C2/S[C@@H](c3ccc(C)cc3)N(c3ccc(OC)cc3)C2=O)cc1. The molecule has 3 aromatic carbocycles. The molecule has 0 unspecified atom stereocenters. The van der Waals surface area contributed by atoms with Gasteiger partial charge in [0.15, 0.2) is 0 Å². The summed E-state index contributed by atoms with van der Waals surface area (Å²) in [6.07, 6.45) is 4.11. The molecule has 3 aromatic rings. The largest absolute Gasteiger partial charge is 0.497 e. The number of hydrogen-bond acceptors (Lipinski definition) is 4. The van der Waals surface area contributed by atoms with Crippen LogP contribution in [0.5, 0.6) is 11.5 Å². The Kier molecular flexibility index (Phi) is 7.40. The van der Waals surface area contributed by atoms with Gasteiger partial charge in [-0.15, -0.1) is 0 Å². The molecule has 5 heteroatoms. The Morgan fingerprint density at radius 1 is 0.939 bits per heavy atom. The molecule has 1 aliphatic rings. The van der Waals surface area contributed by atoms with E-state index in [-0.39, 0.29) is 11.3 Å². The minimum absolute atomic E-state index is 0.000913. The van der Waals surface area contributed by atoms with Gasteiger partial charge in [0.2, 0.25) is 0 Å². The van der Waals surface area contributed by atoms with E-state index in [1.165, 1.54) is 5.56 Å². The quantitative estimate of drug-likeness (QED) is 0.268. The van der Waals surface area contributed by atoms with Crippen LogP contribution in [-0.4, -0.2) is 19.6 Å². The maximum absolute atomic E-state index is 13.5. The molecule has 1 heterocycles. The molecule has 33 heavy (non-hydrogen) atoms. The molecule has 1 saturated heterocycles. The number of benzene rings is 3. The minimum atomic E-state index is -0.130. The molecule has 4 rings (SSSR count). The van der Waals surface area contributed by atoms with Crippen LogP contribution in [0.1, 0.15) is 41.8 Å². The number of aryl methyl sites for hydroxylation is 1. The molecule has 0 N–H and O–H groups in total. The van der Waals surface area contributed by atoms with Gasteiger partial charge in [-0.25, -0.2) is 0 Å². The van der Waals surface area contributed by atoms with Crippen molar-refractivity contribution in [2.75, 3.05) is 18.6 Å². The number of nitrogens with zero attached hydrogens (tertiary/aromatic N) is 1. The number of rotatable bonds is 8. The Morgan fingerprint density at radius 2 is 1.61 bits per heavy atom. The molecule has 1 aliphatic heterocycles. The van der Waals surface area contributed by atoms with Gasteiger partial charge in [-0.05, 0) is 66.9 Å². The first-order valence-corrected chi connectivity index (χ1v) is 12.1. The highest BCUT2D eigenvalue weighted by Crippen LogP contribution is 2.48. The lowest BCUT2D eigenvalue weighted by Gasteiger charge is -2.24. The summed E-state index contributed by atoms with van der Waals surface area (Å²) in [4.78, 5) is 16.1.